The minimum atomic E-state index is 0.661. The van der Waals surface area contributed by atoms with Gasteiger partial charge in [-0.15, -0.1) is 0 Å². The summed E-state index contributed by atoms with van der Waals surface area (Å²) < 4.78 is 5.73. The Labute approximate surface area is 97.6 Å². The van der Waals surface area contributed by atoms with E-state index in [0.29, 0.717) is 6.54 Å². The molecular weight excluding hydrogens is 200 g/mol. The van der Waals surface area contributed by atoms with Crippen LogP contribution in [0.3, 0.4) is 0 Å². The van der Waals surface area contributed by atoms with Crippen molar-refractivity contribution in [3.63, 3.8) is 0 Å². The highest BCUT2D eigenvalue weighted by molar-refractivity contribution is 5.07. The van der Waals surface area contributed by atoms with E-state index in [1.807, 2.05) is 0 Å². The van der Waals surface area contributed by atoms with Crippen molar-refractivity contribution >= 4 is 0 Å². The third-order valence-corrected chi connectivity index (χ3v) is 3.36. The van der Waals surface area contributed by atoms with Gasteiger partial charge in [-0.1, -0.05) is 6.92 Å². The van der Waals surface area contributed by atoms with Gasteiger partial charge in [0.05, 0.1) is 6.54 Å². The summed E-state index contributed by atoms with van der Waals surface area (Å²) in [6, 6.07) is 4.14. The fourth-order valence-corrected chi connectivity index (χ4v) is 2.22. The van der Waals surface area contributed by atoms with Crippen LogP contribution < -0.4 is 5.73 Å². The highest BCUT2D eigenvalue weighted by Crippen LogP contribution is 2.19. The van der Waals surface area contributed by atoms with Crippen molar-refractivity contribution in [3.05, 3.63) is 23.7 Å². The first-order valence-corrected chi connectivity index (χ1v) is 6.28. The molecule has 0 amide bonds. The van der Waals surface area contributed by atoms with Crippen molar-refractivity contribution in [2.75, 3.05) is 19.6 Å². The van der Waals surface area contributed by atoms with Gasteiger partial charge in [-0.3, -0.25) is 4.90 Å². The van der Waals surface area contributed by atoms with Crippen molar-refractivity contribution in [2.45, 2.75) is 32.7 Å². The Kier molecular flexibility index (Phi) is 4.02. The second kappa shape index (κ2) is 5.51. The molecule has 2 heterocycles. The van der Waals surface area contributed by atoms with Crippen molar-refractivity contribution in [1.82, 2.24) is 4.90 Å². The molecule has 1 saturated heterocycles. The summed E-state index contributed by atoms with van der Waals surface area (Å²) >= 11 is 0. The molecule has 90 valence electrons. The summed E-state index contributed by atoms with van der Waals surface area (Å²) in [4.78, 5) is 2.48. The van der Waals surface area contributed by atoms with Crippen molar-refractivity contribution in [3.8, 4) is 0 Å². The molecule has 0 saturated carbocycles. The Bertz CT molecular complexity index is 313. The Hall–Kier alpha value is -0.800. The lowest BCUT2D eigenvalue weighted by atomic mass is 9.99. The molecule has 1 aliphatic rings. The maximum absolute atomic E-state index is 5.73. The minimum absolute atomic E-state index is 0.661. The molecule has 0 radical (unpaired) electrons. The van der Waals surface area contributed by atoms with E-state index in [2.05, 4.69) is 24.0 Å². The van der Waals surface area contributed by atoms with Gasteiger partial charge < -0.3 is 10.2 Å². The fraction of sp³-hybridized carbons (Fsp3) is 0.692. The van der Waals surface area contributed by atoms with E-state index in [-0.39, 0.29) is 0 Å². The van der Waals surface area contributed by atoms with Crippen molar-refractivity contribution < 1.29 is 4.42 Å². The zero-order valence-corrected chi connectivity index (χ0v) is 10.1. The van der Waals surface area contributed by atoms with Gasteiger partial charge in [0.15, 0.2) is 0 Å². The second-order valence-corrected chi connectivity index (χ2v) is 4.87. The molecule has 1 aromatic heterocycles. The quantitative estimate of drug-likeness (QED) is 0.847. The van der Waals surface area contributed by atoms with Crippen LogP contribution in [0.25, 0.3) is 0 Å². The minimum Gasteiger partial charge on any atom is -0.465 e. The summed E-state index contributed by atoms with van der Waals surface area (Å²) in [5.41, 5.74) is 5.50. The molecule has 3 nitrogen and oxygen atoms in total. The number of likely N-dealkylation sites (tertiary alicyclic amines) is 1. The van der Waals surface area contributed by atoms with Crippen molar-refractivity contribution in [2.24, 2.45) is 11.7 Å². The van der Waals surface area contributed by atoms with Gasteiger partial charge in [0.2, 0.25) is 0 Å². The van der Waals surface area contributed by atoms with Gasteiger partial charge in [-0.2, -0.15) is 0 Å². The smallest absolute Gasteiger partial charge is 0.118 e. The van der Waals surface area contributed by atoms with Gasteiger partial charge in [0, 0.05) is 6.42 Å². The summed E-state index contributed by atoms with van der Waals surface area (Å²) in [5, 5.41) is 0. The maximum Gasteiger partial charge on any atom is 0.118 e. The maximum atomic E-state index is 5.73. The second-order valence-electron chi connectivity index (χ2n) is 4.87. The number of nitrogens with two attached hydrogens (primary N) is 1. The summed E-state index contributed by atoms with van der Waals surface area (Å²) in [5.74, 6) is 2.99. The Morgan fingerprint density at radius 2 is 2.00 bits per heavy atom. The number of rotatable bonds is 4. The zero-order valence-electron chi connectivity index (χ0n) is 10.1. The van der Waals surface area contributed by atoms with Crippen LogP contribution in [0, 0.1) is 5.92 Å². The zero-order chi connectivity index (χ0) is 11.4. The van der Waals surface area contributed by atoms with E-state index in [4.69, 9.17) is 10.2 Å². The lowest BCUT2D eigenvalue weighted by Crippen LogP contribution is -2.32. The average molecular weight is 222 g/mol. The molecule has 2 rings (SSSR count). The van der Waals surface area contributed by atoms with Crippen LogP contribution in [0.4, 0.5) is 0 Å². The molecule has 1 aromatic rings. The molecule has 3 heteroatoms. The van der Waals surface area contributed by atoms with Crippen LogP contribution in [0.2, 0.25) is 0 Å². The highest BCUT2D eigenvalue weighted by atomic mass is 16.3. The number of hydrogen-bond donors (Lipinski definition) is 1. The first-order chi connectivity index (χ1) is 7.78. The van der Waals surface area contributed by atoms with Crippen LogP contribution in [0.5, 0.6) is 0 Å². The number of hydrogen-bond acceptors (Lipinski definition) is 3. The lowest BCUT2D eigenvalue weighted by Gasteiger charge is -2.29. The van der Waals surface area contributed by atoms with E-state index >= 15 is 0 Å². The first-order valence-electron chi connectivity index (χ1n) is 6.28. The summed E-state index contributed by atoms with van der Waals surface area (Å²) in [6.07, 6.45) is 3.48. The van der Waals surface area contributed by atoms with E-state index < -0.39 is 0 Å². The molecule has 0 bridgehead atoms. The SMILES string of the molecule is CC1CCN(Cc2ccc(CCN)o2)CC1. The Morgan fingerprint density at radius 3 is 2.69 bits per heavy atom. The number of piperidine rings is 1. The van der Waals surface area contributed by atoms with Crippen LogP contribution in [-0.4, -0.2) is 24.5 Å². The molecule has 16 heavy (non-hydrogen) atoms. The van der Waals surface area contributed by atoms with Gasteiger partial charge >= 0.3 is 0 Å². The predicted molar refractivity (Wildman–Crippen MR) is 65.1 cm³/mol. The molecule has 0 unspecified atom stereocenters. The van der Waals surface area contributed by atoms with E-state index in [1.165, 1.54) is 25.9 Å². The Balaban J connectivity index is 1.83. The van der Waals surface area contributed by atoms with Crippen LogP contribution in [0.15, 0.2) is 16.5 Å². The normalized spacial score (nSPS) is 19.1. The van der Waals surface area contributed by atoms with Gasteiger partial charge in [0.25, 0.3) is 0 Å². The molecule has 1 aliphatic heterocycles. The predicted octanol–water partition coefficient (Wildman–Crippen LogP) is 2.01. The monoisotopic (exact) mass is 222 g/mol. The first kappa shape index (κ1) is 11.7. The van der Waals surface area contributed by atoms with E-state index in [1.54, 1.807) is 0 Å². The summed E-state index contributed by atoms with van der Waals surface area (Å²) in [6.45, 7) is 6.36. The molecule has 0 spiro atoms. The van der Waals surface area contributed by atoms with Crippen LogP contribution in [0.1, 0.15) is 31.3 Å². The highest BCUT2D eigenvalue weighted by Gasteiger charge is 2.16. The van der Waals surface area contributed by atoms with Gasteiger partial charge in [0.1, 0.15) is 11.5 Å². The van der Waals surface area contributed by atoms with E-state index in [9.17, 15) is 0 Å². The van der Waals surface area contributed by atoms with Gasteiger partial charge in [-0.25, -0.2) is 0 Å². The van der Waals surface area contributed by atoms with Crippen LogP contribution >= 0.6 is 0 Å². The average Bonchev–Trinajstić information content (AvgIpc) is 2.70. The molecule has 0 aromatic carbocycles. The van der Waals surface area contributed by atoms with E-state index in [0.717, 1.165) is 30.4 Å². The molecule has 1 fully saturated rings. The third kappa shape index (κ3) is 3.09. The largest absolute Gasteiger partial charge is 0.465 e. The third-order valence-electron chi connectivity index (χ3n) is 3.36. The summed E-state index contributed by atoms with van der Waals surface area (Å²) in [7, 11) is 0. The van der Waals surface area contributed by atoms with Gasteiger partial charge in [-0.05, 0) is 50.5 Å². The number of nitrogens with zero attached hydrogens (tertiary/aromatic N) is 1. The fourth-order valence-electron chi connectivity index (χ4n) is 2.22. The topological polar surface area (TPSA) is 42.4 Å². The molecule has 0 atom stereocenters. The molecule has 2 N–H and O–H groups in total. The Morgan fingerprint density at radius 1 is 1.31 bits per heavy atom. The lowest BCUT2D eigenvalue weighted by molar-refractivity contribution is 0.172. The van der Waals surface area contributed by atoms with Crippen LogP contribution in [-0.2, 0) is 13.0 Å². The van der Waals surface area contributed by atoms with Crippen molar-refractivity contribution in [1.29, 1.82) is 0 Å². The molecule has 0 aliphatic carbocycles. The standard InChI is InChI=1S/C13H22N2O/c1-11-5-8-15(9-6-11)10-13-3-2-12(16-13)4-7-14/h2-3,11H,4-10,14H2,1H3. The molecular formula is C13H22N2O. The number of furan rings is 1.